The number of fused-ring (bicyclic) bond motifs is 1. The van der Waals surface area contributed by atoms with Crippen molar-refractivity contribution in [2.45, 2.75) is 25.8 Å². The lowest BCUT2D eigenvalue weighted by Crippen LogP contribution is -2.31. The number of ether oxygens (including phenoxy) is 4. The zero-order chi connectivity index (χ0) is 24.7. The number of carbonyl (C=O) groups is 3. The average molecular weight is 479 g/mol. The minimum Gasteiger partial charge on any atom is -0.503 e. The van der Waals surface area contributed by atoms with Gasteiger partial charge in [-0.2, -0.15) is 0 Å². The summed E-state index contributed by atoms with van der Waals surface area (Å²) in [5, 5.41) is 10.9. The second kappa shape index (κ2) is 8.98. The number of benzene rings is 2. The van der Waals surface area contributed by atoms with Gasteiger partial charge in [0, 0.05) is 11.6 Å². The summed E-state index contributed by atoms with van der Waals surface area (Å²) in [4.78, 5) is 40.0. The fourth-order valence-electron chi connectivity index (χ4n) is 4.43. The van der Waals surface area contributed by atoms with Gasteiger partial charge in [0.25, 0.3) is 5.91 Å². The average Bonchev–Trinajstić information content (AvgIpc) is 3.69. The first-order valence-corrected chi connectivity index (χ1v) is 11.5. The van der Waals surface area contributed by atoms with E-state index >= 15 is 0 Å². The number of carbonyl (C=O) groups excluding carboxylic acids is 3. The quantitative estimate of drug-likeness (QED) is 0.601. The predicted molar refractivity (Wildman–Crippen MR) is 124 cm³/mol. The standard InChI is InChI=1S/C26H25NO8/c1-3-33-26(31)15-6-8-17(9-7-15)27-21(20(23(29)25(27)30)22(28)14-4-5-14)16-12-18(32-2)24-19(13-16)34-10-11-35-24/h6-9,12-14,21,29H,3-5,10-11H2,1-2H3/t21-/m0/s1. The van der Waals surface area contributed by atoms with Gasteiger partial charge in [-0.1, -0.05) is 0 Å². The molecule has 182 valence electrons. The van der Waals surface area contributed by atoms with E-state index in [1.807, 2.05) is 0 Å². The molecule has 1 saturated carbocycles. The molecule has 2 heterocycles. The van der Waals surface area contributed by atoms with Crippen LogP contribution in [0, 0.1) is 5.92 Å². The van der Waals surface area contributed by atoms with Crippen LogP contribution in [0.5, 0.6) is 17.2 Å². The van der Waals surface area contributed by atoms with Gasteiger partial charge in [0.05, 0.1) is 30.9 Å². The molecule has 9 nitrogen and oxygen atoms in total. The SMILES string of the molecule is CCOC(=O)c1ccc(N2C(=O)C(O)=C(C(=O)C3CC3)[C@@H]2c2cc(OC)c3c(c2)OCCO3)cc1. The Balaban J connectivity index is 1.61. The molecule has 5 rings (SSSR count). The van der Waals surface area contributed by atoms with Gasteiger partial charge in [0.1, 0.15) is 13.2 Å². The number of esters is 1. The molecular formula is C26H25NO8. The summed E-state index contributed by atoms with van der Waals surface area (Å²) in [6.45, 7) is 2.67. The molecule has 2 aliphatic heterocycles. The monoisotopic (exact) mass is 479 g/mol. The summed E-state index contributed by atoms with van der Waals surface area (Å²) in [6, 6.07) is 8.74. The maximum absolute atomic E-state index is 13.3. The van der Waals surface area contributed by atoms with Crippen molar-refractivity contribution in [3.63, 3.8) is 0 Å². The highest BCUT2D eigenvalue weighted by Crippen LogP contribution is 2.49. The molecule has 1 amide bonds. The lowest BCUT2D eigenvalue weighted by atomic mass is 9.93. The number of anilines is 1. The molecule has 1 aliphatic carbocycles. The summed E-state index contributed by atoms with van der Waals surface area (Å²) in [6.07, 6.45) is 1.43. The maximum atomic E-state index is 13.3. The van der Waals surface area contributed by atoms with Crippen molar-refractivity contribution < 1.29 is 38.4 Å². The van der Waals surface area contributed by atoms with E-state index in [4.69, 9.17) is 18.9 Å². The van der Waals surface area contributed by atoms with E-state index in [1.165, 1.54) is 12.0 Å². The molecule has 35 heavy (non-hydrogen) atoms. The number of methoxy groups -OCH3 is 1. The first-order chi connectivity index (χ1) is 16.9. The molecule has 3 aliphatic rings. The van der Waals surface area contributed by atoms with E-state index in [0.717, 1.165) is 12.8 Å². The van der Waals surface area contributed by atoms with Crippen LogP contribution < -0.4 is 19.1 Å². The first kappa shape index (κ1) is 22.8. The highest BCUT2D eigenvalue weighted by atomic mass is 16.6. The Morgan fingerprint density at radius 2 is 1.83 bits per heavy atom. The summed E-state index contributed by atoms with van der Waals surface area (Å²) in [5.41, 5.74) is 1.31. The Kier molecular flexibility index (Phi) is 5.84. The van der Waals surface area contributed by atoms with Crippen molar-refractivity contribution in [2.75, 3.05) is 31.8 Å². The molecule has 0 radical (unpaired) electrons. The van der Waals surface area contributed by atoms with E-state index in [-0.39, 0.29) is 23.9 Å². The van der Waals surface area contributed by atoms with Crippen LogP contribution in [-0.4, -0.2) is 49.7 Å². The third kappa shape index (κ3) is 3.96. The fraction of sp³-hybridized carbons (Fsp3) is 0.346. The number of rotatable bonds is 7. The van der Waals surface area contributed by atoms with Gasteiger partial charge in [0.15, 0.2) is 23.0 Å². The van der Waals surface area contributed by atoms with Gasteiger partial charge in [-0.25, -0.2) is 4.79 Å². The molecule has 0 saturated heterocycles. The van der Waals surface area contributed by atoms with E-state index < -0.39 is 23.7 Å². The van der Waals surface area contributed by atoms with Gasteiger partial charge in [-0.05, 0) is 61.7 Å². The first-order valence-electron chi connectivity index (χ1n) is 11.5. The molecule has 1 atom stereocenters. The van der Waals surface area contributed by atoms with Crippen LogP contribution in [0.4, 0.5) is 5.69 Å². The van der Waals surface area contributed by atoms with Crippen LogP contribution in [-0.2, 0) is 14.3 Å². The van der Waals surface area contributed by atoms with Gasteiger partial charge in [-0.3, -0.25) is 14.5 Å². The van der Waals surface area contributed by atoms with Crippen molar-refractivity contribution in [3.05, 3.63) is 58.9 Å². The van der Waals surface area contributed by atoms with E-state index in [0.29, 0.717) is 47.3 Å². The number of hydrogen-bond acceptors (Lipinski definition) is 8. The molecule has 1 N–H and O–H groups in total. The Bertz CT molecular complexity index is 1210. The zero-order valence-corrected chi connectivity index (χ0v) is 19.4. The lowest BCUT2D eigenvalue weighted by Gasteiger charge is -2.29. The van der Waals surface area contributed by atoms with Crippen LogP contribution in [0.25, 0.3) is 0 Å². The normalized spacial score (nSPS) is 19.1. The summed E-state index contributed by atoms with van der Waals surface area (Å²) < 4.78 is 22.0. The minimum atomic E-state index is -0.909. The van der Waals surface area contributed by atoms with Gasteiger partial charge in [0.2, 0.25) is 5.75 Å². The van der Waals surface area contributed by atoms with E-state index in [1.54, 1.807) is 43.3 Å². The molecule has 2 aromatic rings. The number of aliphatic hydroxyl groups is 1. The predicted octanol–water partition coefficient (Wildman–Crippen LogP) is 3.52. The number of hydrogen-bond donors (Lipinski definition) is 1. The van der Waals surface area contributed by atoms with Crippen LogP contribution in [0.2, 0.25) is 0 Å². The Morgan fingerprint density at radius 1 is 1.11 bits per heavy atom. The third-order valence-electron chi connectivity index (χ3n) is 6.24. The molecule has 2 aromatic carbocycles. The van der Waals surface area contributed by atoms with E-state index in [9.17, 15) is 19.5 Å². The molecule has 9 heteroatoms. The van der Waals surface area contributed by atoms with Crippen molar-refractivity contribution in [1.82, 2.24) is 0 Å². The molecular weight excluding hydrogens is 454 g/mol. The molecule has 0 aromatic heterocycles. The number of nitrogens with zero attached hydrogens (tertiary/aromatic N) is 1. The number of ketones is 1. The zero-order valence-electron chi connectivity index (χ0n) is 19.4. The van der Waals surface area contributed by atoms with Crippen LogP contribution in [0.15, 0.2) is 47.7 Å². The fourth-order valence-corrected chi connectivity index (χ4v) is 4.43. The second-order valence-corrected chi connectivity index (χ2v) is 8.49. The number of amides is 1. The van der Waals surface area contributed by atoms with Crippen molar-refractivity contribution in [3.8, 4) is 17.2 Å². The van der Waals surface area contributed by atoms with Crippen LogP contribution in [0.3, 0.4) is 0 Å². The highest BCUT2D eigenvalue weighted by molar-refractivity contribution is 6.17. The lowest BCUT2D eigenvalue weighted by molar-refractivity contribution is -0.118. The van der Waals surface area contributed by atoms with Gasteiger partial charge >= 0.3 is 5.97 Å². The molecule has 0 bridgehead atoms. The molecule has 0 spiro atoms. The second-order valence-electron chi connectivity index (χ2n) is 8.49. The van der Waals surface area contributed by atoms with Crippen LogP contribution in [0.1, 0.15) is 41.7 Å². The topological polar surface area (TPSA) is 112 Å². The van der Waals surface area contributed by atoms with Crippen molar-refractivity contribution in [1.29, 1.82) is 0 Å². The largest absolute Gasteiger partial charge is 0.503 e. The molecule has 0 unspecified atom stereocenters. The minimum absolute atomic E-state index is 0.0469. The van der Waals surface area contributed by atoms with Gasteiger partial charge < -0.3 is 24.1 Å². The smallest absolute Gasteiger partial charge is 0.338 e. The Labute approximate surface area is 201 Å². The Hall–Kier alpha value is -4.01. The summed E-state index contributed by atoms with van der Waals surface area (Å²) in [5.74, 6) is -0.946. The van der Waals surface area contributed by atoms with E-state index in [2.05, 4.69) is 0 Å². The van der Waals surface area contributed by atoms with Crippen molar-refractivity contribution >= 4 is 23.3 Å². The number of aliphatic hydroxyl groups excluding tert-OH is 1. The third-order valence-corrected chi connectivity index (χ3v) is 6.24. The summed E-state index contributed by atoms with van der Waals surface area (Å²) in [7, 11) is 1.49. The highest BCUT2D eigenvalue weighted by Gasteiger charge is 2.48. The Morgan fingerprint density at radius 3 is 2.49 bits per heavy atom. The van der Waals surface area contributed by atoms with Gasteiger partial charge in [-0.15, -0.1) is 0 Å². The van der Waals surface area contributed by atoms with Crippen molar-refractivity contribution in [2.24, 2.45) is 5.92 Å². The maximum Gasteiger partial charge on any atom is 0.338 e. The molecule has 1 fully saturated rings. The number of Topliss-reactive ketones (excluding diaryl/α,β-unsaturated/α-hetero) is 1. The van der Waals surface area contributed by atoms with Crippen LogP contribution >= 0.6 is 0 Å². The summed E-state index contributed by atoms with van der Waals surface area (Å²) >= 11 is 0.